The maximum absolute atomic E-state index is 12.2. The van der Waals surface area contributed by atoms with Gasteiger partial charge in [-0.25, -0.2) is 4.98 Å². The number of nitrogens with zero attached hydrogens (tertiary/aromatic N) is 2. The molecule has 8 heteroatoms. The molecule has 0 atom stereocenters. The Morgan fingerprint density at radius 2 is 1.96 bits per heavy atom. The topological polar surface area (TPSA) is 85.1 Å². The monoisotopic (exact) mass is 359 g/mol. The van der Waals surface area contributed by atoms with Crippen LogP contribution in [0.5, 0.6) is 0 Å². The lowest BCUT2D eigenvalue weighted by Gasteiger charge is -2.01. The molecule has 0 saturated heterocycles. The van der Waals surface area contributed by atoms with Crippen LogP contribution in [0.2, 0.25) is 5.02 Å². The zero-order valence-corrected chi connectivity index (χ0v) is 13.7. The lowest BCUT2D eigenvalue weighted by molar-refractivity contribution is -0.384. The Labute approximate surface area is 145 Å². The van der Waals surface area contributed by atoms with Crippen LogP contribution >= 0.6 is 22.9 Å². The summed E-state index contributed by atoms with van der Waals surface area (Å²) in [5.41, 5.74) is 1.66. The zero-order valence-electron chi connectivity index (χ0n) is 12.1. The number of benzene rings is 2. The lowest BCUT2D eigenvalue weighted by Crippen LogP contribution is -2.11. The number of non-ortho nitro benzene ring substituents is 1. The standard InChI is InChI=1S/C16H10ClN3O3S/c17-12-6-4-10(5-7-12)14-9-24-16(18-14)19-15(21)11-2-1-3-13(8-11)20(22)23/h1-9H,(H,18,19,21). The third-order valence-corrected chi connectivity index (χ3v) is 4.19. The highest BCUT2D eigenvalue weighted by Gasteiger charge is 2.13. The van der Waals surface area contributed by atoms with Crippen molar-refractivity contribution in [3.63, 3.8) is 0 Å². The van der Waals surface area contributed by atoms with Gasteiger partial charge in [-0.05, 0) is 18.2 Å². The molecule has 0 aliphatic carbocycles. The summed E-state index contributed by atoms with van der Waals surface area (Å²) >= 11 is 7.13. The molecule has 6 nitrogen and oxygen atoms in total. The summed E-state index contributed by atoms with van der Waals surface area (Å²) in [7, 11) is 0. The predicted molar refractivity (Wildman–Crippen MR) is 93.6 cm³/mol. The van der Waals surface area contributed by atoms with Crippen molar-refractivity contribution < 1.29 is 9.72 Å². The van der Waals surface area contributed by atoms with Crippen LogP contribution in [0.15, 0.2) is 53.9 Å². The number of aromatic nitrogens is 1. The molecule has 0 radical (unpaired) electrons. The summed E-state index contributed by atoms with van der Waals surface area (Å²) in [5.74, 6) is -0.448. The van der Waals surface area contributed by atoms with E-state index in [-0.39, 0.29) is 11.3 Å². The highest BCUT2D eigenvalue weighted by molar-refractivity contribution is 7.14. The van der Waals surface area contributed by atoms with Crippen LogP contribution in [-0.2, 0) is 0 Å². The maximum atomic E-state index is 12.2. The first-order valence-corrected chi connectivity index (χ1v) is 8.06. The van der Waals surface area contributed by atoms with Gasteiger partial charge in [-0.1, -0.05) is 29.8 Å². The van der Waals surface area contributed by atoms with Crippen molar-refractivity contribution in [1.82, 2.24) is 4.98 Å². The Balaban J connectivity index is 1.77. The van der Waals surface area contributed by atoms with E-state index < -0.39 is 10.8 Å². The predicted octanol–water partition coefficient (Wildman–Crippen LogP) is 4.62. The van der Waals surface area contributed by atoms with Gasteiger partial charge in [-0.3, -0.25) is 20.2 Å². The van der Waals surface area contributed by atoms with Gasteiger partial charge in [0, 0.05) is 33.7 Å². The van der Waals surface area contributed by atoms with Crippen molar-refractivity contribution in [3.05, 3.63) is 74.6 Å². The van der Waals surface area contributed by atoms with Gasteiger partial charge >= 0.3 is 0 Å². The van der Waals surface area contributed by atoms with Gasteiger partial charge in [0.05, 0.1) is 10.6 Å². The number of halogens is 1. The van der Waals surface area contributed by atoms with Gasteiger partial charge in [0.25, 0.3) is 11.6 Å². The highest BCUT2D eigenvalue weighted by atomic mass is 35.5. The molecule has 3 rings (SSSR count). The minimum absolute atomic E-state index is 0.136. The van der Waals surface area contributed by atoms with E-state index in [0.29, 0.717) is 15.8 Å². The van der Waals surface area contributed by atoms with Crippen LogP contribution in [0.3, 0.4) is 0 Å². The number of hydrogen-bond donors (Lipinski definition) is 1. The first-order valence-electron chi connectivity index (χ1n) is 6.80. The molecule has 0 aliphatic heterocycles. The SMILES string of the molecule is O=C(Nc1nc(-c2ccc(Cl)cc2)cs1)c1cccc([N+](=O)[O-])c1. The number of nitro benzene ring substituents is 1. The van der Waals surface area contributed by atoms with Crippen molar-refractivity contribution in [2.45, 2.75) is 0 Å². The maximum Gasteiger partial charge on any atom is 0.270 e. The van der Waals surface area contributed by atoms with E-state index in [0.717, 1.165) is 5.56 Å². The van der Waals surface area contributed by atoms with E-state index in [2.05, 4.69) is 10.3 Å². The quantitative estimate of drug-likeness (QED) is 0.543. The first-order chi connectivity index (χ1) is 11.5. The fraction of sp³-hybridized carbons (Fsp3) is 0. The summed E-state index contributed by atoms with van der Waals surface area (Å²) in [6, 6.07) is 12.7. The van der Waals surface area contributed by atoms with Gasteiger partial charge in [0.1, 0.15) is 0 Å². The van der Waals surface area contributed by atoms with E-state index in [9.17, 15) is 14.9 Å². The molecule has 1 heterocycles. The van der Waals surface area contributed by atoms with Gasteiger partial charge < -0.3 is 0 Å². The molecule has 1 amide bonds. The number of anilines is 1. The van der Waals surface area contributed by atoms with Crippen LogP contribution in [0.4, 0.5) is 10.8 Å². The van der Waals surface area contributed by atoms with Crippen molar-refractivity contribution >= 4 is 39.7 Å². The van der Waals surface area contributed by atoms with Crippen LogP contribution in [-0.4, -0.2) is 15.8 Å². The number of carbonyl (C=O) groups excluding carboxylic acids is 1. The van der Waals surface area contributed by atoms with Gasteiger partial charge in [0.15, 0.2) is 5.13 Å². The summed E-state index contributed by atoms with van der Waals surface area (Å²) < 4.78 is 0. The number of thiazole rings is 1. The fourth-order valence-electron chi connectivity index (χ4n) is 2.01. The summed E-state index contributed by atoms with van der Waals surface area (Å²) in [4.78, 5) is 26.8. The Bertz CT molecular complexity index is 909. The van der Waals surface area contributed by atoms with Crippen LogP contribution < -0.4 is 5.32 Å². The average molecular weight is 360 g/mol. The normalized spacial score (nSPS) is 10.4. The molecule has 0 unspecified atom stereocenters. The third kappa shape index (κ3) is 3.58. The molecular weight excluding hydrogens is 350 g/mol. The van der Waals surface area contributed by atoms with Gasteiger partial charge in [-0.2, -0.15) is 0 Å². The minimum Gasteiger partial charge on any atom is -0.298 e. The number of rotatable bonds is 4. The third-order valence-electron chi connectivity index (χ3n) is 3.18. The molecule has 1 aromatic heterocycles. The summed E-state index contributed by atoms with van der Waals surface area (Å²) in [5, 5.41) is 16.3. The molecular formula is C16H10ClN3O3S. The second-order valence-electron chi connectivity index (χ2n) is 4.81. The molecule has 120 valence electrons. The first kappa shape index (κ1) is 16.1. The average Bonchev–Trinajstić information content (AvgIpc) is 3.04. The second-order valence-corrected chi connectivity index (χ2v) is 6.10. The van der Waals surface area contributed by atoms with E-state index >= 15 is 0 Å². The van der Waals surface area contributed by atoms with E-state index in [1.165, 1.54) is 35.6 Å². The summed E-state index contributed by atoms with van der Waals surface area (Å²) in [6.07, 6.45) is 0. The molecule has 3 aromatic rings. The fourth-order valence-corrected chi connectivity index (χ4v) is 2.86. The minimum atomic E-state index is -0.543. The molecule has 0 spiro atoms. The molecule has 1 N–H and O–H groups in total. The largest absolute Gasteiger partial charge is 0.298 e. The van der Waals surface area contributed by atoms with Crippen LogP contribution in [0, 0.1) is 10.1 Å². The van der Waals surface area contributed by atoms with E-state index in [1.54, 1.807) is 12.1 Å². The Morgan fingerprint density at radius 1 is 1.21 bits per heavy atom. The summed E-state index contributed by atoms with van der Waals surface area (Å²) in [6.45, 7) is 0. The molecule has 0 fully saturated rings. The Hall–Kier alpha value is -2.77. The Morgan fingerprint density at radius 3 is 2.67 bits per heavy atom. The van der Waals surface area contributed by atoms with Gasteiger partial charge in [0.2, 0.25) is 0 Å². The smallest absolute Gasteiger partial charge is 0.270 e. The van der Waals surface area contributed by atoms with Crippen LogP contribution in [0.25, 0.3) is 11.3 Å². The molecule has 0 bridgehead atoms. The number of nitrogens with one attached hydrogen (secondary N) is 1. The second kappa shape index (κ2) is 6.77. The highest BCUT2D eigenvalue weighted by Crippen LogP contribution is 2.26. The van der Waals surface area contributed by atoms with Crippen molar-refractivity contribution in [1.29, 1.82) is 0 Å². The van der Waals surface area contributed by atoms with E-state index in [1.807, 2.05) is 17.5 Å². The van der Waals surface area contributed by atoms with Crippen molar-refractivity contribution in [3.8, 4) is 11.3 Å². The van der Waals surface area contributed by atoms with Crippen LogP contribution in [0.1, 0.15) is 10.4 Å². The lowest BCUT2D eigenvalue weighted by atomic mass is 10.2. The Kier molecular flexibility index (Phi) is 4.54. The molecule has 0 saturated carbocycles. The van der Waals surface area contributed by atoms with Gasteiger partial charge in [-0.15, -0.1) is 11.3 Å². The van der Waals surface area contributed by atoms with E-state index in [4.69, 9.17) is 11.6 Å². The van der Waals surface area contributed by atoms with Crippen molar-refractivity contribution in [2.24, 2.45) is 0 Å². The number of nitro groups is 1. The molecule has 24 heavy (non-hydrogen) atoms. The molecule has 2 aromatic carbocycles. The number of hydrogen-bond acceptors (Lipinski definition) is 5. The zero-order chi connectivity index (χ0) is 17.1. The number of amides is 1. The van der Waals surface area contributed by atoms with Crippen molar-refractivity contribution in [2.75, 3.05) is 5.32 Å². The number of carbonyl (C=O) groups is 1. The molecule has 0 aliphatic rings.